The van der Waals surface area contributed by atoms with E-state index in [9.17, 15) is 4.79 Å². The topological polar surface area (TPSA) is 17.1 Å². The summed E-state index contributed by atoms with van der Waals surface area (Å²) in [7, 11) is 0. The molecule has 1 aliphatic rings. The van der Waals surface area contributed by atoms with E-state index >= 15 is 0 Å². The van der Waals surface area contributed by atoms with Gasteiger partial charge in [0.05, 0.1) is 0 Å². The first-order valence-corrected chi connectivity index (χ1v) is 4.11. The molecule has 0 aromatic heterocycles. The van der Waals surface area contributed by atoms with Crippen LogP contribution in [0.4, 0.5) is 0 Å². The van der Waals surface area contributed by atoms with Crippen molar-refractivity contribution in [2.45, 2.75) is 26.7 Å². The largest absolute Gasteiger partial charge is 0.295 e. The Balaban J connectivity index is 2.79. The Bertz CT molecular complexity index is 211. The van der Waals surface area contributed by atoms with Crippen LogP contribution in [-0.2, 0) is 4.79 Å². The molecule has 0 aromatic rings. The van der Waals surface area contributed by atoms with Crippen molar-refractivity contribution in [3.8, 4) is 0 Å². The Hall–Kier alpha value is -0.850. The number of ketones is 1. The molecular weight excluding hydrogens is 136 g/mol. The maximum Gasteiger partial charge on any atom is 0.155 e. The summed E-state index contributed by atoms with van der Waals surface area (Å²) in [6.45, 7) is 4.14. The fourth-order valence-electron chi connectivity index (χ4n) is 1.33. The minimum Gasteiger partial charge on any atom is -0.295 e. The van der Waals surface area contributed by atoms with Gasteiger partial charge >= 0.3 is 0 Å². The highest BCUT2D eigenvalue weighted by molar-refractivity contribution is 5.91. The van der Waals surface area contributed by atoms with Crippen molar-refractivity contribution in [1.82, 2.24) is 0 Å². The minimum absolute atomic E-state index is 0.274. The molecule has 1 heteroatoms. The summed E-state index contributed by atoms with van der Waals surface area (Å²) in [6, 6.07) is 0. The van der Waals surface area contributed by atoms with Crippen LogP contribution in [0.3, 0.4) is 0 Å². The lowest BCUT2D eigenvalue weighted by atomic mass is 9.88. The standard InChI is InChI=1S/C10H14O/c1-3-4-9-7-10(11)6-5-8(9)2/h3-4,7-8H,5-6H2,1-2H3/b4-3+. The molecule has 0 fully saturated rings. The number of carbonyl (C=O) groups is 1. The van der Waals surface area contributed by atoms with Gasteiger partial charge in [-0.25, -0.2) is 0 Å². The highest BCUT2D eigenvalue weighted by Crippen LogP contribution is 2.22. The van der Waals surface area contributed by atoms with E-state index in [1.807, 2.05) is 19.1 Å². The molecule has 0 saturated heterocycles. The van der Waals surface area contributed by atoms with Crippen LogP contribution in [0.1, 0.15) is 26.7 Å². The van der Waals surface area contributed by atoms with Gasteiger partial charge in [-0.3, -0.25) is 4.79 Å². The summed E-state index contributed by atoms with van der Waals surface area (Å²) in [5.41, 5.74) is 1.18. The molecule has 0 heterocycles. The van der Waals surface area contributed by atoms with Gasteiger partial charge < -0.3 is 0 Å². The molecule has 1 nitrogen and oxygen atoms in total. The van der Waals surface area contributed by atoms with Gasteiger partial charge in [-0.2, -0.15) is 0 Å². The van der Waals surface area contributed by atoms with E-state index in [1.54, 1.807) is 6.08 Å². The van der Waals surface area contributed by atoms with Crippen molar-refractivity contribution in [2.75, 3.05) is 0 Å². The predicted octanol–water partition coefficient (Wildman–Crippen LogP) is 2.49. The SMILES string of the molecule is C/C=C/C1=CC(=O)CCC1C. The molecule has 1 aliphatic carbocycles. The van der Waals surface area contributed by atoms with E-state index in [4.69, 9.17) is 0 Å². The second-order valence-corrected chi connectivity index (χ2v) is 3.05. The van der Waals surface area contributed by atoms with Gasteiger partial charge in [0.25, 0.3) is 0 Å². The number of allylic oxidation sites excluding steroid dienone is 4. The Morgan fingerprint density at radius 1 is 1.64 bits per heavy atom. The van der Waals surface area contributed by atoms with Crippen LogP contribution in [0.2, 0.25) is 0 Å². The minimum atomic E-state index is 0.274. The summed E-state index contributed by atoms with van der Waals surface area (Å²) < 4.78 is 0. The zero-order chi connectivity index (χ0) is 8.27. The molecule has 0 radical (unpaired) electrons. The number of carbonyl (C=O) groups excluding carboxylic acids is 1. The van der Waals surface area contributed by atoms with Gasteiger partial charge in [0, 0.05) is 6.42 Å². The molecule has 0 N–H and O–H groups in total. The lowest BCUT2D eigenvalue weighted by Crippen LogP contribution is -2.09. The normalized spacial score (nSPS) is 25.8. The van der Waals surface area contributed by atoms with Crippen molar-refractivity contribution in [2.24, 2.45) is 5.92 Å². The predicted molar refractivity (Wildman–Crippen MR) is 46.3 cm³/mol. The van der Waals surface area contributed by atoms with Crippen LogP contribution < -0.4 is 0 Å². The van der Waals surface area contributed by atoms with Crippen molar-refractivity contribution < 1.29 is 4.79 Å². The van der Waals surface area contributed by atoms with Gasteiger partial charge in [0.2, 0.25) is 0 Å². The quantitative estimate of drug-likeness (QED) is 0.561. The van der Waals surface area contributed by atoms with Crippen LogP contribution in [0.25, 0.3) is 0 Å². The van der Waals surface area contributed by atoms with E-state index in [1.165, 1.54) is 5.57 Å². The second kappa shape index (κ2) is 3.51. The van der Waals surface area contributed by atoms with Gasteiger partial charge in [-0.1, -0.05) is 19.1 Å². The Morgan fingerprint density at radius 3 is 3.00 bits per heavy atom. The molecule has 0 aliphatic heterocycles. The van der Waals surface area contributed by atoms with E-state index in [-0.39, 0.29) is 5.78 Å². The van der Waals surface area contributed by atoms with Gasteiger partial charge in [-0.15, -0.1) is 0 Å². The molecule has 0 spiro atoms. The number of hydrogen-bond donors (Lipinski definition) is 0. The average Bonchev–Trinajstić information content (AvgIpc) is 1.98. The van der Waals surface area contributed by atoms with Gasteiger partial charge in [0.15, 0.2) is 5.78 Å². The van der Waals surface area contributed by atoms with Crippen molar-refractivity contribution in [1.29, 1.82) is 0 Å². The molecule has 1 rings (SSSR count). The zero-order valence-electron chi connectivity index (χ0n) is 7.13. The summed E-state index contributed by atoms with van der Waals surface area (Å²) >= 11 is 0. The Morgan fingerprint density at radius 2 is 2.36 bits per heavy atom. The van der Waals surface area contributed by atoms with Gasteiger partial charge in [0.1, 0.15) is 0 Å². The first-order chi connectivity index (χ1) is 5.24. The molecule has 1 unspecified atom stereocenters. The molecule has 0 saturated carbocycles. The number of hydrogen-bond acceptors (Lipinski definition) is 1. The van der Waals surface area contributed by atoms with Crippen LogP contribution in [-0.4, -0.2) is 5.78 Å². The summed E-state index contributed by atoms with van der Waals surface area (Å²) in [4.78, 5) is 11.0. The van der Waals surface area contributed by atoms with E-state index in [2.05, 4.69) is 6.92 Å². The lowest BCUT2D eigenvalue weighted by molar-refractivity contribution is -0.115. The monoisotopic (exact) mass is 150 g/mol. The zero-order valence-corrected chi connectivity index (χ0v) is 7.13. The van der Waals surface area contributed by atoms with Crippen LogP contribution in [0.15, 0.2) is 23.8 Å². The molecule has 0 aromatic carbocycles. The lowest BCUT2D eigenvalue weighted by Gasteiger charge is -2.16. The molecule has 0 bridgehead atoms. The third-order valence-corrected chi connectivity index (χ3v) is 2.08. The Kier molecular flexibility index (Phi) is 2.64. The maximum absolute atomic E-state index is 11.0. The first-order valence-electron chi connectivity index (χ1n) is 4.11. The van der Waals surface area contributed by atoms with Crippen molar-refractivity contribution in [3.63, 3.8) is 0 Å². The highest BCUT2D eigenvalue weighted by atomic mass is 16.1. The van der Waals surface area contributed by atoms with Crippen molar-refractivity contribution >= 4 is 5.78 Å². The van der Waals surface area contributed by atoms with E-state index in [0.29, 0.717) is 5.92 Å². The smallest absolute Gasteiger partial charge is 0.155 e. The summed E-state index contributed by atoms with van der Waals surface area (Å²) in [5, 5.41) is 0. The molecule has 1 atom stereocenters. The third kappa shape index (κ3) is 2.04. The van der Waals surface area contributed by atoms with Crippen LogP contribution in [0.5, 0.6) is 0 Å². The third-order valence-electron chi connectivity index (χ3n) is 2.08. The maximum atomic E-state index is 11.0. The second-order valence-electron chi connectivity index (χ2n) is 3.05. The molecule has 0 amide bonds. The number of rotatable bonds is 1. The summed E-state index contributed by atoms with van der Waals surface area (Å²) in [6.07, 6.45) is 7.52. The van der Waals surface area contributed by atoms with Crippen LogP contribution in [0, 0.1) is 5.92 Å². The average molecular weight is 150 g/mol. The van der Waals surface area contributed by atoms with E-state index < -0.39 is 0 Å². The summed E-state index contributed by atoms with van der Waals surface area (Å²) in [5.74, 6) is 0.833. The Labute approximate surface area is 67.8 Å². The van der Waals surface area contributed by atoms with Crippen LogP contribution >= 0.6 is 0 Å². The van der Waals surface area contributed by atoms with Crippen molar-refractivity contribution in [3.05, 3.63) is 23.8 Å². The fourth-order valence-corrected chi connectivity index (χ4v) is 1.33. The van der Waals surface area contributed by atoms with E-state index in [0.717, 1.165) is 12.8 Å². The fraction of sp³-hybridized carbons (Fsp3) is 0.500. The molecular formula is C10H14O. The highest BCUT2D eigenvalue weighted by Gasteiger charge is 2.14. The molecule has 11 heavy (non-hydrogen) atoms. The van der Waals surface area contributed by atoms with Gasteiger partial charge in [-0.05, 0) is 30.9 Å². The molecule has 60 valence electrons. The first kappa shape index (κ1) is 8.25.